The van der Waals surface area contributed by atoms with Crippen molar-refractivity contribution in [1.82, 2.24) is 25.1 Å². The predicted octanol–water partition coefficient (Wildman–Crippen LogP) is 2.85. The van der Waals surface area contributed by atoms with Crippen LogP contribution in [0.3, 0.4) is 0 Å². The lowest BCUT2D eigenvalue weighted by atomic mass is 9.97. The van der Waals surface area contributed by atoms with Gasteiger partial charge in [-0.3, -0.25) is 4.79 Å². The molecule has 0 radical (unpaired) electrons. The van der Waals surface area contributed by atoms with Gasteiger partial charge in [0, 0.05) is 24.5 Å². The smallest absolute Gasteiger partial charge is 0.321 e. The topological polar surface area (TPSA) is 105 Å². The van der Waals surface area contributed by atoms with Crippen LogP contribution >= 0.6 is 0 Å². The summed E-state index contributed by atoms with van der Waals surface area (Å²) < 4.78 is 1.60. The molecule has 1 aromatic heterocycles. The van der Waals surface area contributed by atoms with E-state index in [0.29, 0.717) is 24.6 Å². The third-order valence-electron chi connectivity index (χ3n) is 5.09. The molecule has 0 bridgehead atoms. The molecular formula is C21H23N7O2. The number of amides is 3. The number of likely N-dealkylation sites (tertiary alicyclic amines) is 1. The molecule has 4 rings (SSSR count). The first-order valence-electron chi connectivity index (χ1n) is 9.87. The molecule has 1 atom stereocenters. The van der Waals surface area contributed by atoms with Crippen LogP contribution in [0.25, 0.3) is 5.69 Å². The molecule has 9 nitrogen and oxygen atoms in total. The zero-order valence-electron chi connectivity index (χ0n) is 16.7. The molecule has 3 aromatic rings. The standard InChI is InChI=1S/C21H23N7O2/c1-15-24-25-26-28(15)19-11-5-10-18(13-19)22-20(29)16-7-6-12-27(14-16)21(30)23-17-8-3-2-4-9-17/h2-5,8-11,13,16H,6-7,12,14H2,1H3,(H,22,29)(H,23,30). The van der Waals surface area contributed by atoms with Gasteiger partial charge in [-0.05, 0) is 60.5 Å². The number of aryl methyl sites for hydroxylation is 1. The van der Waals surface area contributed by atoms with Gasteiger partial charge in [0.2, 0.25) is 5.91 Å². The summed E-state index contributed by atoms with van der Waals surface area (Å²) in [5.41, 5.74) is 2.17. The van der Waals surface area contributed by atoms with Gasteiger partial charge >= 0.3 is 6.03 Å². The lowest BCUT2D eigenvalue weighted by Crippen LogP contribution is -2.45. The molecule has 0 spiro atoms. The molecule has 1 unspecified atom stereocenters. The fourth-order valence-corrected chi connectivity index (χ4v) is 3.53. The normalized spacial score (nSPS) is 16.2. The van der Waals surface area contributed by atoms with E-state index in [-0.39, 0.29) is 17.9 Å². The number of urea groups is 1. The van der Waals surface area contributed by atoms with E-state index in [9.17, 15) is 9.59 Å². The van der Waals surface area contributed by atoms with Gasteiger partial charge in [-0.1, -0.05) is 24.3 Å². The van der Waals surface area contributed by atoms with Gasteiger partial charge in [0.05, 0.1) is 11.6 Å². The fraction of sp³-hybridized carbons (Fsp3) is 0.286. The minimum atomic E-state index is -0.265. The number of hydrogen-bond donors (Lipinski definition) is 2. The summed E-state index contributed by atoms with van der Waals surface area (Å²) in [5.74, 6) is 0.294. The third-order valence-corrected chi connectivity index (χ3v) is 5.09. The summed E-state index contributed by atoms with van der Waals surface area (Å²) in [5, 5.41) is 17.3. The Kier molecular flexibility index (Phi) is 5.69. The van der Waals surface area contributed by atoms with Crippen LogP contribution in [0, 0.1) is 12.8 Å². The molecular weight excluding hydrogens is 382 g/mol. The van der Waals surface area contributed by atoms with Gasteiger partial charge in [-0.15, -0.1) is 5.10 Å². The van der Waals surface area contributed by atoms with E-state index in [1.165, 1.54) is 0 Å². The van der Waals surface area contributed by atoms with E-state index in [2.05, 4.69) is 26.2 Å². The van der Waals surface area contributed by atoms with Crippen LogP contribution in [0.2, 0.25) is 0 Å². The molecule has 30 heavy (non-hydrogen) atoms. The predicted molar refractivity (Wildman–Crippen MR) is 112 cm³/mol. The molecule has 0 saturated carbocycles. The number of benzene rings is 2. The van der Waals surface area contributed by atoms with Gasteiger partial charge in [0.25, 0.3) is 0 Å². The highest BCUT2D eigenvalue weighted by Gasteiger charge is 2.28. The summed E-state index contributed by atoms with van der Waals surface area (Å²) in [6.45, 7) is 2.83. The number of aromatic nitrogens is 4. The summed E-state index contributed by atoms with van der Waals surface area (Å²) in [6.07, 6.45) is 1.52. The number of anilines is 2. The van der Waals surface area contributed by atoms with Crippen LogP contribution in [0.5, 0.6) is 0 Å². The van der Waals surface area contributed by atoms with E-state index in [1.54, 1.807) is 9.58 Å². The Balaban J connectivity index is 1.39. The second kappa shape index (κ2) is 8.73. The van der Waals surface area contributed by atoms with E-state index in [0.717, 1.165) is 24.2 Å². The molecule has 2 heterocycles. The van der Waals surface area contributed by atoms with Crippen molar-refractivity contribution in [3.63, 3.8) is 0 Å². The van der Waals surface area contributed by atoms with Crippen LogP contribution in [-0.2, 0) is 4.79 Å². The van der Waals surface area contributed by atoms with Crippen LogP contribution in [0.1, 0.15) is 18.7 Å². The number of piperidine rings is 1. The first-order valence-corrected chi connectivity index (χ1v) is 9.87. The number of tetrazole rings is 1. The van der Waals surface area contributed by atoms with Crippen molar-refractivity contribution >= 4 is 23.3 Å². The second-order valence-corrected chi connectivity index (χ2v) is 7.26. The monoisotopic (exact) mass is 405 g/mol. The Morgan fingerprint density at radius 1 is 1.03 bits per heavy atom. The zero-order chi connectivity index (χ0) is 20.9. The maximum absolute atomic E-state index is 12.8. The number of nitrogens with one attached hydrogen (secondary N) is 2. The van der Waals surface area contributed by atoms with Gasteiger partial charge in [-0.25, -0.2) is 4.79 Å². The number of nitrogens with zero attached hydrogens (tertiary/aromatic N) is 5. The van der Waals surface area contributed by atoms with Crippen LogP contribution in [-0.4, -0.2) is 50.1 Å². The lowest BCUT2D eigenvalue weighted by molar-refractivity contribution is -0.121. The lowest BCUT2D eigenvalue weighted by Gasteiger charge is -2.32. The Labute approximate surface area is 174 Å². The summed E-state index contributed by atoms with van der Waals surface area (Å²) in [7, 11) is 0. The molecule has 9 heteroatoms. The average Bonchev–Trinajstić information content (AvgIpc) is 3.20. The minimum absolute atomic E-state index is 0.0993. The molecule has 2 N–H and O–H groups in total. The Morgan fingerprint density at radius 3 is 2.60 bits per heavy atom. The van der Waals surface area contributed by atoms with E-state index in [1.807, 2.05) is 61.5 Å². The van der Waals surface area contributed by atoms with Crippen molar-refractivity contribution in [2.24, 2.45) is 5.92 Å². The highest BCUT2D eigenvalue weighted by molar-refractivity contribution is 5.94. The highest BCUT2D eigenvalue weighted by Crippen LogP contribution is 2.21. The van der Waals surface area contributed by atoms with Crippen molar-refractivity contribution in [1.29, 1.82) is 0 Å². The molecule has 3 amide bonds. The molecule has 2 aromatic carbocycles. The number of carbonyl (C=O) groups excluding carboxylic acids is 2. The van der Waals surface area contributed by atoms with Crippen molar-refractivity contribution in [3.05, 3.63) is 60.4 Å². The second-order valence-electron chi connectivity index (χ2n) is 7.26. The fourth-order valence-electron chi connectivity index (χ4n) is 3.53. The van der Waals surface area contributed by atoms with Crippen molar-refractivity contribution < 1.29 is 9.59 Å². The first-order chi connectivity index (χ1) is 14.6. The zero-order valence-corrected chi connectivity index (χ0v) is 16.7. The number of hydrogen-bond acceptors (Lipinski definition) is 5. The van der Waals surface area contributed by atoms with Crippen LogP contribution in [0.4, 0.5) is 16.2 Å². The summed E-state index contributed by atoms with van der Waals surface area (Å²) >= 11 is 0. The van der Waals surface area contributed by atoms with E-state index >= 15 is 0 Å². The van der Waals surface area contributed by atoms with E-state index < -0.39 is 0 Å². The third kappa shape index (κ3) is 4.45. The van der Waals surface area contributed by atoms with Gasteiger partial charge < -0.3 is 15.5 Å². The molecule has 1 fully saturated rings. The van der Waals surface area contributed by atoms with Crippen molar-refractivity contribution in [2.45, 2.75) is 19.8 Å². The van der Waals surface area contributed by atoms with Crippen molar-refractivity contribution in [3.8, 4) is 5.69 Å². The largest absolute Gasteiger partial charge is 0.326 e. The SMILES string of the molecule is Cc1nnnn1-c1cccc(NC(=O)C2CCCN(C(=O)Nc3ccccc3)C2)c1. The highest BCUT2D eigenvalue weighted by atomic mass is 16.2. The Hall–Kier alpha value is -3.75. The van der Waals surface area contributed by atoms with Crippen LogP contribution < -0.4 is 10.6 Å². The van der Waals surface area contributed by atoms with Gasteiger partial charge in [0.15, 0.2) is 5.82 Å². The quantitative estimate of drug-likeness (QED) is 0.694. The van der Waals surface area contributed by atoms with E-state index in [4.69, 9.17) is 0 Å². The number of rotatable bonds is 4. The molecule has 154 valence electrons. The van der Waals surface area contributed by atoms with Gasteiger partial charge in [-0.2, -0.15) is 4.68 Å². The minimum Gasteiger partial charge on any atom is -0.326 e. The number of para-hydroxylation sites is 1. The maximum Gasteiger partial charge on any atom is 0.321 e. The summed E-state index contributed by atoms with van der Waals surface area (Å²) in [6, 6.07) is 16.5. The number of carbonyl (C=O) groups is 2. The maximum atomic E-state index is 12.8. The molecule has 1 aliphatic rings. The van der Waals surface area contributed by atoms with Crippen molar-refractivity contribution in [2.75, 3.05) is 23.7 Å². The van der Waals surface area contributed by atoms with Crippen LogP contribution in [0.15, 0.2) is 54.6 Å². The molecule has 1 saturated heterocycles. The Morgan fingerprint density at radius 2 is 1.83 bits per heavy atom. The van der Waals surface area contributed by atoms with Gasteiger partial charge in [0.1, 0.15) is 0 Å². The molecule has 0 aliphatic carbocycles. The average molecular weight is 405 g/mol. The summed E-state index contributed by atoms with van der Waals surface area (Å²) in [4.78, 5) is 27.1. The first kappa shape index (κ1) is 19.6. The Bertz CT molecular complexity index is 1030. The molecule has 1 aliphatic heterocycles.